The van der Waals surface area contributed by atoms with Crippen LogP contribution in [-0.4, -0.2) is 33.2 Å². The predicted molar refractivity (Wildman–Crippen MR) is 117 cm³/mol. The third-order valence-corrected chi connectivity index (χ3v) is 6.26. The Balaban J connectivity index is 2.06. The fraction of sp³-hybridized carbons (Fsp3) is 0.217. The minimum atomic E-state index is -3.93. The molecule has 0 radical (unpaired) electrons. The van der Waals surface area contributed by atoms with Gasteiger partial charge >= 0.3 is 0 Å². The van der Waals surface area contributed by atoms with Gasteiger partial charge in [0.2, 0.25) is 0 Å². The Morgan fingerprint density at radius 2 is 1.93 bits per heavy atom. The number of hydrogen-bond donors (Lipinski definition) is 1. The van der Waals surface area contributed by atoms with Gasteiger partial charge in [-0.05, 0) is 54.9 Å². The van der Waals surface area contributed by atoms with Crippen molar-refractivity contribution in [1.82, 2.24) is 9.29 Å². The molecule has 3 rings (SSSR count). The number of methoxy groups -OCH3 is 1. The zero-order chi connectivity index (χ0) is 21.6. The summed E-state index contributed by atoms with van der Waals surface area (Å²) in [5.41, 5.74) is 2.04. The van der Waals surface area contributed by atoms with Crippen LogP contribution in [0, 0.1) is 5.82 Å². The molecule has 3 aromatic rings. The van der Waals surface area contributed by atoms with Crippen LogP contribution >= 0.6 is 0 Å². The molecule has 30 heavy (non-hydrogen) atoms. The fourth-order valence-corrected chi connectivity index (χ4v) is 4.61. The number of aromatic nitrogens is 1. The van der Waals surface area contributed by atoms with Crippen LogP contribution in [-0.2, 0) is 21.3 Å². The molecule has 1 heterocycles. The summed E-state index contributed by atoms with van der Waals surface area (Å²) in [6, 6.07) is 14.6. The summed E-state index contributed by atoms with van der Waals surface area (Å²) in [5, 5.41) is 3.00. The van der Waals surface area contributed by atoms with E-state index < -0.39 is 15.8 Å². The third-order valence-electron chi connectivity index (χ3n) is 4.59. The zero-order valence-corrected chi connectivity index (χ0v) is 17.8. The second-order valence-electron chi connectivity index (χ2n) is 6.80. The Hall–Kier alpha value is -2.74. The lowest BCUT2D eigenvalue weighted by Crippen LogP contribution is -2.14. The molecule has 2 aromatic carbocycles. The first-order chi connectivity index (χ1) is 14.5. The van der Waals surface area contributed by atoms with Crippen LogP contribution in [0.1, 0.15) is 17.5 Å². The minimum absolute atomic E-state index is 0.139. The summed E-state index contributed by atoms with van der Waals surface area (Å²) in [6.07, 6.45) is 6.06. The van der Waals surface area contributed by atoms with Gasteiger partial charge in [-0.15, -0.1) is 0 Å². The average Bonchev–Trinajstić information content (AvgIpc) is 3.17. The first-order valence-electron chi connectivity index (χ1n) is 9.59. The van der Waals surface area contributed by atoms with E-state index in [2.05, 4.69) is 5.32 Å². The number of nitrogens with zero attached hydrogens (tertiary/aromatic N) is 1. The molecule has 0 saturated carbocycles. The molecule has 0 unspecified atom stereocenters. The molecule has 5 nitrogen and oxygen atoms in total. The first kappa shape index (κ1) is 22.0. The third kappa shape index (κ3) is 4.87. The second kappa shape index (κ2) is 9.84. The summed E-state index contributed by atoms with van der Waals surface area (Å²) in [5.74, 6) is -0.474. The number of ether oxygens (including phenoxy) is 1. The van der Waals surface area contributed by atoms with E-state index in [0.29, 0.717) is 18.8 Å². The average molecular weight is 429 g/mol. The van der Waals surface area contributed by atoms with Crippen molar-refractivity contribution in [2.75, 3.05) is 20.8 Å². The Labute approximate surface area is 176 Å². The fourth-order valence-electron chi connectivity index (χ4n) is 3.16. The highest BCUT2D eigenvalue weighted by atomic mass is 32.2. The molecule has 0 aliphatic carbocycles. The van der Waals surface area contributed by atoms with Gasteiger partial charge in [0, 0.05) is 32.0 Å². The normalized spacial score (nSPS) is 12.0. The molecule has 0 bridgehead atoms. The largest absolute Gasteiger partial charge is 0.384 e. The van der Waals surface area contributed by atoms with E-state index in [1.54, 1.807) is 56.6 Å². The van der Waals surface area contributed by atoms with Crippen molar-refractivity contribution in [3.8, 4) is 11.3 Å². The molecule has 1 aromatic heterocycles. The predicted octanol–water partition coefficient (Wildman–Crippen LogP) is 4.30. The van der Waals surface area contributed by atoms with Gasteiger partial charge in [0.1, 0.15) is 5.82 Å². The molecular weight excluding hydrogens is 403 g/mol. The highest BCUT2D eigenvalue weighted by molar-refractivity contribution is 7.90. The number of rotatable bonds is 9. The molecule has 1 N–H and O–H groups in total. The Morgan fingerprint density at radius 1 is 1.13 bits per heavy atom. The van der Waals surface area contributed by atoms with Gasteiger partial charge in [-0.3, -0.25) is 0 Å². The van der Waals surface area contributed by atoms with Crippen LogP contribution < -0.4 is 5.32 Å². The summed E-state index contributed by atoms with van der Waals surface area (Å²) >= 11 is 0. The quantitative estimate of drug-likeness (QED) is 0.516. The first-order valence-corrected chi connectivity index (χ1v) is 11.0. The van der Waals surface area contributed by atoms with Crippen molar-refractivity contribution in [3.63, 3.8) is 0 Å². The van der Waals surface area contributed by atoms with Crippen LogP contribution in [0.4, 0.5) is 4.39 Å². The van der Waals surface area contributed by atoms with E-state index in [1.165, 1.54) is 12.3 Å². The summed E-state index contributed by atoms with van der Waals surface area (Å²) in [7, 11) is -0.522. The van der Waals surface area contributed by atoms with E-state index >= 15 is 0 Å². The standard InChI is InChI=1S/C23H25FN2O3S/c1-25-16-19-15-23(21-11-3-4-12-22(21)24)26(17-19)30(27,28)20-10-7-9-18(14-20)8-5-6-13-29-2/h3-5,7-12,14-15,17,25H,6,13,16H2,1-2H3/b8-5+. The van der Waals surface area contributed by atoms with E-state index in [4.69, 9.17) is 4.74 Å². The lowest BCUT2D eigenvalue weighted by molar-refractivity contribution is 0.204. The van der Waals surface area contributed by atoms with Crippen molar-refractivity contribution in [3.05, 3.63) is 83.8 Å². The number of hydrogen-bond acceptors (Lipinski definition) is 4. The van der Waals surface area contributed by atoms with Crippen molar-refractivity contribution >= 4 is 16.1 Å². The van der Waals surface area contributed by atoms with Gasteiger partial charge < -0.3 is 10.1 Å². The van der Waals surface area contributed by atoms with Gasteiger partial charge in [-0.2, -0.15) is 0 Å². The summed E-state index contributed by atoms with van der Waals surface area (Å²) in [4.78, 5) is 0.139. The topological polar surface area (TPSA) is 60.3 Å². The Morgan fingerprint density at radius 3 is 2.67 bits per heavy atom. The number of halogens is 1. The van der Waals surface area contributed by atoms with E-state index in [-0.39, 0.29) is 10.5 Å². The maximum absolute atomic E-state index is 14.5. The summed E-state index contributed by atoms with van der Waals surface area (Å²) in [6.45, 7) is 1.06. The molecule has 0 amide bonds. The van der Waals surface area contributed by atoms with Gasteiger partial charge in [0.05, 0.1) is 10.6 Å². The Bertz CT molecular complexity index is 1140. The van der Waals surface area contributed by atoms with Crippen molar-refractivity contribution < 1.29 is 17.5 Å². The van der Waals surface area contributed by atoms with E-state index in [9.17, 15) is 12.8 Å². The molecule has 0 spiro atoms. The van der Waals surface area contributed by atoms with Gasteiger partial charge in [-0.1, -0.05) is 36.4 Å². The van der Waals surface area contributed by atoms with Crippen LogP contribution in [0.25, 0.3) is 17.3 Å². The SMILES string of the molecule is CNCc1cc(-c2ccccc2F)n(S(=O)(=O)c2cccc(/C=C/CCOC)c2)c1. The summed E-state index contributed by atoms with van der Waals surface area (Å²) < 4.78 is 47.6. The molecule has 0 fully saturated rings. The van der Waals surface area contributed by atoms with E-state index in [1.807, 2.05) is 18.2 Å². The molecule has 7 heteroatoms. The van der Waals surface area contributed by atoms with Crippen molar-refractivity contribution in [2.24, 2.45) is 0 Å². The smallest absolute Gasteiger partial charge is 0.268 e. The van der Waals surface area contributed by atoms with Crippen molar-refractivity contribution in [1.29, 1.82) is 0 Å². The molecule has 158 valence electrons. The number of benzene rings is 2. The maximum atomic E-state index is 14.5. The van der Waals surface area contributed by atoms with Crippen LogP contribution in [0.15, 0.2) is 71.8 Å². The lowest BCUT2D eigenvalue weighted by atomic mass is 10.1. The van der Waals surface area contributed by atoms with Crippen LogP contribution in [0.2, 0.25) is 0 Å². The molecule has 0 atom stereocenters. The molecule has 0 aliphatic heterocycles. The zero-order valence-electron chi connectivity index (χ0n) is 17.0. The number of nitrogens with one attached hydrogen (secondary N) is 1. The van der Waals surface area contributed by atoms with Crippen LogP contribution in [0.5, 0.6) is 0 Å². The monoisotopic (exact) mass is 428 g/mol. The van der Waals surface area contributed by atoms with E-state index in [0.717, 1.165) is 21.5 Å². The minimum Gasteiger partial charge on any atom is -0.384 e. The van der Waals surface area contributed by atoms with Gasteiger partial charge in [0.15, 0.2) is 0 Å². The van der Waals surface area contributed by atoms with Gasteiger partial charge in [0.25, 0.3) is 10.0 Å². The van der Waals surface area contributed by atoms with Crippen LogP contribution in [0.3, 0.4) is 0 Å². The molecular formula is C23H25FN2O3S. The molecule has 0 aliphatic rings. The Kier molecular flexibility index (Phi) is 7.20. The molecule has 0 saturated heterocycles. The lowest BCUT2D eigenvalue weighted by Gasteiger charge is -2.12. The second-order valence-corrected chi connectivity index (χ2v) is 8.62. The maximum Gasteiger partial charge on any atom is 0.268 e. The van der Waals surface area contributed by atoms with Gasteiger partial charge in [-0.25, -0.2) is 16.8 Å². The van der Waals surface area contributed by atoms with Crippen molar-refractivity contribution in [2.45, 2.75) is 17.9 Å². The highest BCUT2D eigenvalue weighted by Gasteiger charge is 2.23. The highest BCUT2D eigenvalue weighted by Crippen LogP contribution is 2.29.